The molecule has 1 aliphatic heterocycles. The maximum atomic E-state index is 12.6. The minimum absolute atomic E-state index is 0.145. The predicted molar refractivity (Wildman–Crippen MR) is 90.2 cm³/mol. The van der Waals surface area contributed by atoms with E-state index in [-0.39, 0.29) is 18.9 Å². The average molecular weight is 346 g/mol. The first-order valence-electron chi connectivity index (χ1n) is 8.28. The summed E-state index contributed by atoms with van der Waals surface area (Å²) in [6.07, 6.45) is 0.145. The Morgan fingerprint density at radius 3 is 2.68 bits per heavy atom. The molecule has 0 unspecified atom stereocenters. The van der Waals surface area contributed by atoms with Crippen LogP contribution in [-0.4, -0.2) is 42.0 Å². The zero-order valence-corrected chi connectivity index (χ0v) is 14.5. The van der Waals surface area contributed by atoms with Crippen molar-refractivity contribution < 1.29 is 24.2 Å². The van der Waals surface area contributed by atoms with Gasteiger partial charge in [-0.05, 0) is 31.5 Å². The number of methoxy groups -OCH3 is 1. The molecule has 0 bridgehead atoms. The Hall–Kier alpha value is -2.41. The fraction of sp³-hybridized carbons (Fsp3) is 0.500. The van der Waals surface area contributed by atoms with E-state index in [0.29, 0.717) is 11.5 Å². The van der Waals surface area contributed by atoms with Gasteiger partial charge in [0.2, 0.25) is 5.91 Å². The van der Waals surface area contributed by atoms with E-state index in [9.17, 15) is 14.7 Å². The fourth-order valence-corrected chi connectivity index (χ4v) is 3.84. The van der Waals surface area contributed by atoms with Crippen LogP contribution in [0.4, 0.5) is 0 Å². The van der Waals surface area contributed by atoms with Gasteiger partial charge in [0.25, 0.3) is 0 Å². The monoisotopic (exact) mass is 346 g/mol. The second-order valence-electron chi connectivity index (χ2n) is 6.62. The minimum atomic E-state index is -1.36. The predicted octanol–water partition coefficient (Wildman–Crippen LogP) is 1.21. The second-order valence-corrected chi connectivity index (χ2v) is 6.62. The number of hydrazone groups is 1. The molecule has 1 heterocycles. The first-order valence-corrected chi connectivity index (χ1v) is 8.28. The van der Waals surface area contributed by atoms with Gasteiger partial charge in [-0.1, -0.05) is 12.1 Å². The Bertz CT molecular complexity index is 711. The maximum Gasteiger partial charge on any atom is 0.312 e. The molecule has 0 saturated heterocycles. The summed E-state index contributed by atoms with van der Waals surface area (Å²) in [5.41, 5.74) is 2.44. The smallest absolute Gasteiger partial charge is 0.312 e. The standard InChI is InChI=1S/C18H22N2O5/c1-4-25-17(22)15-13(10-5-7-11(24-3)8-6-10)14-12(9-18(15,2)23)19-20-16(14)21/h5-8,13-15,23H,4,9H2,1-3H3,(H,20,21)/t13-,14+,15+,18-/m1/s1. The van der Waals surface area contributed by atoms with Crippen LogP contribution in [0.15, 0.2) is 29.4 Å². The van der Waals surface area contributed by atoms with Gasteiger partial charge in [-0.3, -0.25) is 9.59 Å². The van der Waals surface area contributed by atoms with Crippen LogP contribution in [0.2, 0.25) is 0 Å². The molecular weight excluding hydrogens is 324 g/mol. The third-order valence-electron chi connectivity index (χ3n) is 4.92. The third kappa shape index (κ3) is 3.00. The molecule has 1 fully saturated rings. The molecule has 1 saturated carbocycles. The molecule has 4 atom stereocenters. The van der Waals surface area contributed by atoms with Gasteiger partial charge in [-0.25, -0.2) is 5.43 Å². The average Bonchev–Trinajstić information content (AvgIpc) is 2.93. The van der Waals surface area contributed by atoms with E-state index in [4.69, 9.17) is 9.47 Å². The van der Waals surface area contributed by atoms with Crippen LogP contribution >= 0.6 is 0 Å². The van der Waals surface area contributed by atoms with Crippen molar-refractivity contribution in [2.24, 2.45) is 16.9 Å². The molecule has 7 heteroatoms. The van der Waals surface area contributed by atoms with Gasteiger partial charge in [0, 0.05) is 12.3 Å². The van der Waals surface area contributed by atoms with Crippen molar-refractivity contribution in [3.05, 3.63) is 29.8 Å². The topological polar surface area (TPSA) is 97.2 Å². The molecule has 3 rings (SSSR count). The van der Waals surface area contributed by atoms with Crippen molar-refractivity contribution in [3.63, 3.8) is 0 Å². The van der Waals surface area contributed by atoms with E-state index < -0.39 is 29.3 Å². The van der Waals surface area contributed by atoms with Crippen molar-refractivity contribution in [3.8, 4) is 5.75 Å². The Kier molecular flexibility index (Phi) is 4.51. The normalized spacial score (nSPS) is 31.0. The summed E-state index contributed by atoms with van der Waals surface area (Å²) in [6, 6.07) is 7.15. The van der Waals surface area contributed by atoms with Crippen molar-refractivity contribution in [2.45, 2.75) is 31.8 Å². The molecule has 25 heavy (non-hydrogen) atoms. The minimum Gasteiger partial charge on any atom is -0.497 e. The number of hydrogen-bond donors (Lipinski definition) is 2. The van der Waals surface area contributed by atoms with Crippen molar-refractivity contribution in [1.29, 1.82) is 0 Å². The van der Waals surface area contributed by atoms with E-state index in [1.165, 1.54) is 0 Å². The number of nitrogens with one attached hydrogen (secondary N) is 1. The van der Waals surface area contributed by atoms with E-state index in [1.54, 1.807) is 45.2 Å². The van der Waals surface area contributed by atoms with Crippen molar-refractivity contribution in [2.75, 3.05) is 13.7 Å². The van der Waals surface area contributed by atoms with Crippen LogP contribution in [0, 0.1) is 11.8 Å². The summed E-state index contributed by atoms with van der Waals surface area (Å²) in [6.45, 7) is 3.51. The van der Waals surface area contributed by atoms with E-state index in [0.717, 1.165) is 5.56 Å². The number of aliphatic hydroxyl groups is 1. The number of benzene rings is 1. The lowest BCUT2D eigenvalue weighted by Crippen LogP contribution is -2.54. The maximum absolute atomic E-state index is 12.6. The number of carbonyl (C=O) groups excluding carboxylic acids is 2. The van der Waals surface area contributed by atoms with Gasteiger partial charge in [0.1, 0.15) is 5.75 Å². The largest absolute Gasteiger partial charge is 0.497 e. The Morgan fingerprint density at radius 2 is 2.08 bits per heavy atom. The number of rotatable bonds is 4. The van der Waals surface area contributed by atoms with Crippen molar-refractivity contribution in [1.82, 2.24) is 5.43 Å². The van der Waals surface area contributed by atoms with Gasteiger partial charge < -0.3 is 14.6 Å². The molecule has 1 aromatic carbocycles. The first-order chi connectivity index (χ1) is 11.9. The molecule has 0 radical (unpaired) electrons. The van der Waals surface area contributed by atoms with Gasteiger partial charge in [-0.15, -0.1) is 0 Å². The van der Waals surface area contributed by atoms with E-state index in [1.807, 2.05) is 0 Å². The van der Waals surface area contributed by atoms with Crippen LogP contribution in [0.1, 0.15) is 31.7 Å². The molecule has 134 valence electrons. The number of nitrogens with zero attached hydrogens (tertiary/aromatic N) is 1. The number of amides is 1. The summed E-state index contributed by atoms with van der Waals surface area (Å²) in [5, 5.41) is 15.0. The molecular formula is C18H22N2O5. The zero-order chi connectivity index (χ0) is 18.2. The molecule has 2 aliphatic rings. The highest BCUT2D eigenvalue weighted by molar-refractivity contribution is 6.10. The number of carbonyl (C=O) groups is 2. The van der Waals surface area contributed by atoms with Crippen LogP contribution in [-0.2, 0) is 14.3 Å². The Labute approximate surface area is 146 Å². The highest BCUT2D eigenvalue weighted by atomic mass is 16.5. The summed E-state index contributed by atoms with van der Waals surface area (Å²) >= 11 is 0. The quantitative estimate of drug-likeness (QED) is 0.799. The summed E-state index contributed by atoms with van der Waals surface area (Å²) in [7, 11) is 1.57. The molecule has 1 aromatic rings. The summed E-state index contributed by atoms with van der Waals surface area (Å²) in [5.74, 6) is -2.12. The van der Waals surface area contributed by atoms with Crippen LogP contribution in [0.3, 0.4) is 0 Å². The summed E-state index contributed by atoms with van der Waals surface area (Å²) < 4.78 is 10.4. The molecule has 1 aliphatic carbocycles. The van der Waals surface area contributed by atoms with Crippen LogP contribution in [0.5, 0.6) is 5.75 Å². The number of esters is 1. The Morgan fingerprint density at radius 1 is 1.40 bits per heavy atom. The zero-order valence-electron chi connectivity index (χ0n) is 14.5. The summed E-state index contributed by atoms with van der Waals surface area (Å²) in [4.78, 5) is 25.0. The molecule has 0 spiro atoms. The number of ether oxygens (including phenoxy) is 2. The van der Waals surface area contributed by atoms with Crippen LogP contribution < -0.4 is 10.2 Å². The fourth-order valence-electron chi connectivity index (χ4n) is 3.84. The number of hydrogen-bond acceptors (Lipinski definition) is 6. The highest BCUT2D eigenvalue weighted by Crippen LogP contribution is 2.47. The van der Waals surface area contributed by atoms with E-state index in [2.05, 4.69) is 10.5 Å². The lowest BCUT2D eigenvalue weighted by molar-refractivity contribution is -0.160. The van der Waals surface area contributed by atoms with Gasteiger partial charge in [-0.2, -0.15) is 5.10 Å². The van der Waals surface area contributed by atoms with E-state index >= 15 is 0 Å². The van der Waals surface area contributed by atoms with Gasteiger partial charge >= 0.3 is 5.97 Å². The van der Waals surface area contributed by atoms with Gasteiger partial charge in [0.15, 0.2) is 0 Å². The first kappa shape index (κ1) is 17.4. The Balaban J connectivity index is 2.09. The lowest BCUT2D eigenvalue weighted by Gasteiger charge is -2.43. The van der Waals surface area contributed by atoms with Crippen molar-refractivity contribution >= 4 is 17.6 Å². The SMILES string of the molecule is CCOC(=O)[C@@H]1[C@H](c2ccc(OC)cc2)[C@H]2C(=O)NN=C2C[C@@]1(C)O. The third-order valence-corrected chi connectivity index (χ3v) is 4.92. The molecule has 1 amide bonds. The second kappa shape index (κ2) is 6.48. The molecule has 2 N–H and O–H groups in total. The number of fused-ring (bicyclic) bond motifs is 1. The molecule has 0 aromatic heterocycles. The van der Waals surface area contributed by atoms with Gasteiger partial charge in [0.05, 0.1) is 36.9 Å². The molecule has 7 nitrogen and oxygen atoms in total. The highest BCUT2D eigenvalue weighted by Gasteiger charge is 2.57. The van der Waals surface area contributed by atoms with Crippen LogP contribution in [0.25, 0.3) is 0 Å². The lowest BCUT2D eigenvalue weighted by atomic mass is 9.61.